The van der Waals surface area contributed by atoms with Gasteiger partial charge in [0.25, 0.3) is 0 Å². The van der Waals surface area contributed by atoms with Crippen LogP contribution in [0.25, 0.3) is 10.8 Å². The molecule has 0 aliphatic rings. The van der Waals surface area contributed by atoms with Crippen LogP contribution in [0.1, 0.15) is 15.9 Å². The van der Waals surface area contributed by atoms with Gasteiger partial charge in [0, 0.05) is 12.0 Å². The number of Topliss-reactive ketones (excluding diaryl/α,β-unsaturated/α-hetero) is 1. The second kappa shape index (κ2) is 5.80. The molecule has 104 valence electrons. The van der Waals surface area contributed by atoms with Crippen LogP contribution in [0.4, 0.5) is 0 Å². The molecule has 0 bridgehead atoms. The van der Waals surface area contributed by atoms with Gasteiger partial charge in [0.2, 0.25) is 0 Å². The van der Waals surface area contributed by atoms with Gasteiger partial charge in [0.15, 0.2) is 5.78 Å². The minimum Gasteiger partial charge on any atom is -0.497 e. The average Bonchev–Trinajstić information content (AvgIpc) is 2.54. The summed E-state index contributed by atoms with van der Waals surface area (Å²) >= 11 is 0. The third-order valence-electron chi connectivity index (χ3n) is 3.57. The van der Waals surface area contributed by atoms with E-state index in [4.69, 9.17) is 4.74 Å². The van der Waals surface area contributed by atoms with Crippen LogP contribution >= 0.6 is 0 Å². The molecule has 3 aromatic carbocycles. The van der Waals surface area contributed by atoms with Gasteiger partial charge >= 0.3 is 0 Å². The monoisotopic (exact) mass is 276 g/mol. The SMILES string of the molecule is COc1cccc(C(=O)Cc2ccc3ccccc3c2)c1. The van der Waals surface area contributed by atoms with E-state index >= 15 is 0 Å². The Bertz CT molecular complexity index is 790. The van der Waals surface area contributed by atoms with E-state index in [1.165, 1.54) is 5.39 Å². The van der Waals surface area contributed by atoms with Crippen LogP contribution in [0.3, 0.4) is 0 Å². The number of ether oxygens (including phenoxy) is 1. The lowest BCUT2D eigenvalue weighted by Gasteiger charge is -2.05. The highest BCUT2D eigenvalue weighted by molar-refractivity contribution is 5.98. The number of methoxy groups -OCH3 is 1. The first-order chi connectivity index (χ1) is 10.3. The van der Waals surface area contributed by atoms with Gasteiger partial charge in [-0.1, -0.05) is 54.6 Å². The van der Waals surface area contributed by atoms with Crippen molar-refractivity contribution in [3.05, 3.63) is 77.9 Å². The molecular weight excluding hydrogens is 260 g/mol. The van der Waals surface area contributed by atoms with Crippen LogP contribution in [-0.2, 0) is 6.42 Å². The zero-order valence-corrected chi connectivity index (χ0v) is 11.9. The third kappa shape index (κ3) is 2.95. The zero-order chi connectivity index (χ0) is 14.7. The van der Waals surface area contributed by atoms with Crippen LogP contribution in [-0.4, -0.2) is 12.9 Å². The first-order valence-electron chi connectivity index (χ1n) is 6.91. The standard InChI is InChI=1S/C19H16O2/c1-21-18-8-4-7-17(13-18)19(20)12-14-9-10-15-5-2-3-6-16(15)11-14/h2-11,13H,12H2,1H3. The Labute approximate surface area is 124 Å². The van der Waals surface area contributed by atoms with Crippen molar-refractivity contribution in [1.82, 2.24) is 0 Å². The fourth-order valence-corrected chi connectivity index (χ4v) is 2.43. The summed E-state index contributed by atoms with van der Waals surface area (Å²) in [6.45, 7) is 0. The summed E-state index contributed by atoms with van der Waals surface area (Å²) in [5.74, 6) is 0.809. The third-order valence-corrected chi connectivity index (χ3v) is 3.57. The molecule has 2 heteroatoms. The molecule has 0 aliphatic heterocycles. The van der Waals surface area contributed by atoms with Crippen molar-refractivity contribution in [3.63, 3.8) is 0 Å². The highest BCUT2D eigenvalue weighted by atomic mass is 16.5. The minimum absolute atomic E-state index is 0.101. The lowest BCUT2D eigenvalue weighted by atomic mass is 10.00. The topological polar surface area (TPSA) is 26.3 Å². The van der Waals surface area contributed by atoms with E-state index in [9.17, 15) is 4.79 Å². The first-order valence-corrected chi connectivity index (χ1v) is 6.91. The number of fused-ring (bicyclic) bond motifs is 1. The molecule has 0 spiro atoms. The number of ketones is 1. The molecule has 3 rings (SSSR count). The average molecular weight is 276 g/mol. The van der Waals surface area contributed by atoms with Gasteiger partial charge in [0.1, 0.15) is 5.75 Å². The predicted octanol–water partition coefficient (Wildman–Crippen LogP) is 4.27. The molecule has 0 unspecified atom stereocenters. The van der Waals surface area contributed by atoms with Crippen LogP contribution in [0.2, 0.25) is 0 Å². The molecular formula is C19H16O2. The molecule has 21 heavy (non-hydrogen) atoms. The van der Waals surface area contributed by atoms with Crippen molar-refractivity contribution in [2.45, 2.75) is 6.42 Å². The van der Waals surface area contributed by atoms with Crippen LogP contribution in [0.5, 0.6) is 5.75 Å². The second-order valence-corrected chi connectivity index (χ2v) is 5.01. The van der Waals surface area contributed by atoms with Gasteiger partial charge in [-0.15, -0.1) is 0 Å². The van der Waals surface area contributed by atoms with Gasteiger partial charge in [0.05, 0.1) is 7.11 Å². The number of hydrogen-bond acceptors (Lipinski definition) is 2. The van der Waals surface area contributed by atoms with E-state index in [1.807, 2.05) is 36.4 Å². The van der Waals surface area contributed by atoms with Gasteiger partial charge in [-0.3, -0.25) is 4.79 Å². The fraction of sp³-hybridized carbons (Fsp3) is 0.105. The van der Waals surface area contributed by atoms with Crippen LogP contribution < -0.4 is 4.74 Å². The fourth-order valence-electron chi connectivity index (χ4n) is 2.43. The number of carbonyl (C=O) groups is 1. The number of rotatable bonds is 4. The molecule has 0 aliphatic carbocycles. The molecule has 0 saturated heterocycles. The van der Waals surface area contributed by atoms with Crippen molar-refractivity contribution in [2.75, 3.05) is 7.11 Å². The number of benzene rings is 3. The quantitative estimate of drug-likeness (QED) is 0.665. The van der Waals surface area contributed by atoms with Crippen molar-refractivity contribution in [2.24, 2.45) is 0 Å². The summed E-state index contributed by atoms with van der Waals surface area (Å²) in [6, 6.07) is 21.6. The first kappa shape index (κ1) is 13.4. The summed E-state index contributed by atoms with van der Waals surface area (Å²) in [5, 5.41) is 2.35. The zero-order valence-electron chi connectivity index (χ0n) is 11.9. The van der Waals surface area contributed by atoms with Crippen molar-refractivity contribution >= 4 is 16.6 Å². The second-order valence-electron chi connectivity index (χ2n) is 5.01. The molecule has 0 fully saturated rings. The Hall–Kier alpha value is -2.61. The van der Waals surface area contributed by atoms with Gasteiger partial charge in [-0.25, -0.2) is 0 Å². The Kier molecular flexibility index (Phi) is 3.69. The summed E-state index contributed by atoms with van der Waals surface area (Å²) in [7, 11) is 1.60. The molecule has 0 radical (unpaired) electrons. The molecule has 3 aromatic rings. The Morgan fingerprint density at radius 3 is 2.52 bits per heavy atom. The normalized spacial score (nSPS) is 10.5. The Morgan fingerprint density at radius 2 is 1.71 bits per heavy atom. The van der Waals surface area contributed by atoms with E-state index in [0.717, 1.165) is 10.9 Å². The molecule has 0 heterocycles. The summed E-state index contributed by atoms with van der Waals surface area (Å²) in [4.78, 5) is 12.4. The van der Waals surface area contributed by atoms with Crippen molar-refractivity contribution < 1.29 is 9.53 Å². The van der Waals surface area contributed by atoms with E-state index in [1.54, 1.807) is 13.2 Å². The van der Waals surface area contributed by atoms with Gasteiger partial charge in [-0.2, -0.15) is 0 Å². The van der Waals surface area contributed by atoms with Gasteiger partial charge < -0.3 is 4.74 Å². The lowest BCUT2D eigenvalue weighted by Crippen LogP contribution is -2.03. The predicted molar refractivity (Wildman–Crippen MR) is 85.0 cm³/mol. The summed E-state index contributed by atoms with van der Waals surface area (Å²) in [6.07, 6.45) is 0.401. The number of hydrogen-bond donors (Lipinski definition) is 0. The Morgan fingerprint density at radius 1 is 0.905 bits per heavy atom. The maximum atomic E-state index is 12.4. The van der Waals surface area contributed by atoms with Gasteiger partial charge in [-0.05, 0) is 28.5 Å². The summed E-state index contributed by atoms with van der Waals surface area (Å²) < 4.78 is 5.16. The van der Waals surface area contributed by atoms with Crippen LogP contribution in [0.15, 0.2) is 66.7 Å². The van der Waals surface area contributed by atoms with E-state index in [0.29, 0.717) is 17.7 Å². The molecule has 0 aromatic heterocycles. The smallest absolute Gasteiger partial charge is 0.167 e. The van der Waals surface area contributed by atoms with E-state index < -0.39 is 0 Å². The lowest BCUT2D eigenvalue weighted by molar-refractivity contribution is 0.0992. The molecule has 0 saturated carbocycles. The highest BCUT2D eigenvalue weighted by Crippen LogP contribution is 2.18. The minimum atomic E-state index is 0.101. The molecule has 0 atom stereocenters. The maximum Gasteiger partial charge on any atom is 0.167 e. The van der Waals surface area contributed by atoms with Crippen LogP contribution in [0, 0.1) is 0 Å². The van der Waals surface area contributed by atoms with E-state index in [-0.39, 0.29) is 5.78 Å². The molecule has 0 amide bonds. The number of carbonyl (C=O) groups excluding carboxylic acids is 1. The maximum absolute atomic E-state index is 12.4. The Balaban J connectivity index is 1.85. The summed E-state index contributed by atoms with van der Waals surface area (Å²) in [5.41, 5.74) is 1.71. The molecule has 0 N–H and O–H groups in total. The largest absolute Gasteiger partial charge is 0.497 e. The highest BCUT2D eigenvalue weighted by Gasteiger charge is 2.08. The van der Waals surface area contributed by atoms with E-state index in [2.05, 4.69) is 24.3 Å². The van der Waals surface area contributed by atoms with Crippen molar-refractivity contribution in [1.29, 1.82) is 0 Å². The van der Waals surface area contributed by atoms with Crippen molar-refractivity contribution in [3.8, 4) is 5.75 Å². The molecule has 2 nitrogen and oxygen atoms in total.